The van der Waals surface area contributed by atoms with E-state index in [4.69, 9.17) is 0 Å². The summed E-state index contributed by atoms with van der Waals surface area (Å²) in [4.78, 5) is 20.9. The Kier molecular flexibility index (Phi) is 4.43. The zero-order valence-electron chi connectivity index (χ0n) is 11.2. The molecule has 3 rings (SSSR count). The molecule has 1 fully saturated rings. The van der Waals surface area contributed by atoms with Crippen molar-refractivity contribution >= 4 is 40.3 Å². The van der Waals surface area contributed by atoms with Crippen molar-refractivity contribution in [1.82, 2.24) is 9.88 Å². The lowest BCUT2D eigenvalue weighted by Gasteiger charge is -2.19. The molecule has 0 N–H and O–H groups in total. The Labute approximate surface area is 131 Å². The first-order valence-electron chi connectivity index (χ1n) is 6.60. The van der Waals surface area contributed by atoms with Gasteiger partial charge in [-0.1, -0.05) is 6.07 Å². The minimum absolute atomic E-state index is 0.150. The van der Waals surface area contributed by atoms with Gasteiger partial charge in [0.05, 0.1) is 11.2 Å². The molecule has 0 aromatic carbocycles. The summed E-state index contributed by atoms with van der Waals surface area (Å²) in [5.74, 6) is 1.16. The number of carbonyl (C=O) groups excluding carboxylic acids is 1. The summed E-state index contributed by atoms with van der Waals surface area (Å²) < 4.78 is 0. The van der Waals surface area contributed by atoms with Gasteiger partial charge in [0.25, 0.3) is 5.91 Å². The van der Waals surface area contributed by atoms with E-state index in [1.54, 1.807) is 5.51 Å². The average Bonchev–Trinajstić information content (AvgIpc) is 3.05. The summed E-state index contributed by atoms with van der Waals surface area (Å²) in [7, 11) is 0. The largest absolute Gasteiger partial charge is 0.337 e. The topological polar surface area (TPSA) is 33.2 Å². The molecule has 1 aliphatic rings. The molecule has 2 aromatic rings. The van der Waals surface area contributed by atoms with Gasteiger partial charge in [0.15, 0.2) is 0 Å². The first-order chi connectivity index (χ1) is 9.75. The van der Waals surface area contributed by atoms with Gasteiger partial charge in [-0.25, -0.2) is 4.98 Å². The van der Waals surface area contributed by atoms with Gasteiger partial charge in [-0.2, -0.15) is 11.8 Å². The Morgan fingerprint density at radius 3 is 3.00 bits per heavy atom. The van der Waals surface area contributed by atoms with Gasteiger partial charge in [0, 0.05) is 29.0 Å². The van der Waals surface area contributed by atoms with Gasteiger partial charge >= 0.3 is 0 Å². The third-order valence-corrected chi connectivity index (χ3v) is 6.79. The molecule has 20 heavy (non-hydrogen) atoms. The zero-order chi connectivity index (χ0) is 13.9. The van der Waals surface area contributed by atoms with Crippen molar-refractivity contribution in [3.05, 3.63) is 38.5 Å². The first-order valence-corrected chi connectivity index (χ1v) is 9.41. The fourth-order valence-electron chi connectivity index (χ4n) is 2.33. The number of carbonyl (C=O) groups is 1. The molecule has 1 amide bonds. The van der Waals surface area contributed by atoms with E-state index in [-0.39, 0.29) is 5.91 Å². The lowest BCUT2D eigenvalue weighted by atomic mass is 10.2. The number of thiazole rings is 1. The highest BCUT2D eigenvalue weighted by molar-refractivity contribution is 7.99. The number of amides is 1. The molecule has 0 unspecified atom stereocenters. The maximum Gasteiger partial charge on any atom is 0.265 e. The van der Waals surface area contributed by atoms with E-state index in [0.29, 0.717) is 5.25 Å². The highest BCUT2D eigenvalue weighted by Crippen LogP contribution is 2.37. The second kappa shape index (κ2) is 6.28. The van der Waals surface area contributed by atoms with E-state index >= 15 is 0 Å². The minimum atomic E-state index is 0.150. The quantitative estimate of drug-likeness (QED) is 0.841. The minimum Gasteiger partial charge on any atom is -0.337 e. The van der Waals surface area contributed by atoms with Gasteiger partial charge in [-0.15, -0.1) is 22.7 Å². The van der Waals surface area contributed by atoms with Crippen molar-refractivity contribution in [3.8, 4) is 0 Å². The number of hydrogen-bond donors (Lipinski definition) is 0. The number of hydrogen-bond acceptors (Lipinski definition) is 5. The zero-order valence-corrected chi connectivity index (χ0v) is 13.7. The van der Waals surface area contributed by atoms with Crippen LogP contribution in [0.3, 0.4) is 0 Å². The first kappa shape index (κ1) is 14.1. The smallest absolute Gasteiger partial charge is 0.265 e. The van der Waals surface area contributed by atoms with Crippen molar-refractivity contribution in [1.29, 1.82) is 0 Å². The fourth-order valence-corrected chi connectivity index (χ4v) is 5.33. The summed E-state index contributed by atoms with van der Waals surface area (Å²) in [6.07, 6.45) is 1.04. The van der Waals surface area contributed by atoms with E-state index in [9.17, 15) is 4.79 Å². The lowest BCUT2D eigenvalue weighted by molar-refractivity contribution is 0.0770. The predicted octanol–water partition coefficient (Wildman–Crippen LogP) is 3.83. The summed E-state index contributed by atoms with van der Waals surface area (Å²) in [6, 6.07) is 4.31. The Morgan fingerprint density at radius 2 is 2.30 bits per heavy atom. The molecule has 6 heteroatoms. The normalized spacial score (nSPS) is 19.9. The number of nitrogens with zero attached hydrogens (tertiary/aromatic N) is 2. The van der Waals surface area contributed by atoms with Crippen molar-refractivity contribution in [2.45, 2.75) is 18.6 Å². The molecule has 2 aromatic heterocycles. The second-order valence-electron chi connectivity index (χ2n) is 4.72. The van der Waals surface area contributed by atoms with Crippen LogP contribution < -0.4 is 0 Å². The van der Waals surface area contributed by atoms with Gasteiger partial charge in [0.1, 0.15) is 4.88 Å². The van der Waals surface area contributed by atoms with E-state index in [1.807, 2.05) is 34.9 Å². The van der Waals surface area contributed by atoms with Crippen LogP contribution in [0.15, 0.2) is 23.0 Å². The number of thioether (sulfide) groups is 1. The highest BCUT2D eigenvalue weighted by Gasteiger charge is 2.24. The Morgan fingerprint density at radius 1 is 1.40 bits per heavy atom. The van der Waals surface area contributed by atoms with Crippen LogP contribution in [-0.2, 0) is 0 Å². The Hall–Kier alpha value is -0.850. The van der Waals surface area contributed by atoms with Gasteiger partial charge < -0.3 is 4.90 Å². The molecule has 0 radical (unpaired) electrons. The van der Waals surface area contributed by atoms with E-state index in [2.05, 4.69) is 22.5 Å². The van der Waals surface area contributed by atoms with Gasteiger partial charge in [0.2, 0.25) is 0 Å². The van der Waals surface area contributed by atoms with E-state index < -0.39 is 0 Å². The number of aryl methyl sites for hydroxylation is 1. The van der Waals surface area contributed by atoms with E-state index in [1.165, 1.54) is 16.2 Å². The molecular formula is C14H16N2OS3. The Balaban J connectivity index is 1.68. The van der Waals surface area contributed by atoms with Crippen LogP contribution in [0.4, 0.5) is 0 Å². The summed E-state index contributed by atoms with van der Waals surface area (Å²) in [5, 5.41) is 2.67. The highest BCUT2D eigenvalue weighted by atomic mass is 32.2. The third kappa shape index (κ3) is 2.92. The summed E-state index contributed by atoms with van der Waals surface area (Å²) in [6.45, 7) is 3.58. The van der Waals surface area contributed by atoms with Crippen molar-refractivity contribution in [2.24, 2.45) is 0 Å². The average molecular weight is 324 g/mol. The molecule has 0 saturated carbocycles. The van der Waals surface area contributed by atoms with Crippen LogP contribution in [0, 0.1) is 6.92 Å². The number of aromatic nitrogens is 1. The predicted molar refractivity (Wildman–Crippen MR) is 86.9 cm³/mol. The van der Waals surface area contributed by atoms with Crippen molar-refractivity contribution in [3.63, 3.8) is 0 Å². The number of thiophene rings is 1. The molecule has 0 bridgehead atoms. The maximum atomic E-state index is 12.5. The summed E-state index contributed by atoms with van der Waals surface area (Å²) in [5.41, 5.74) is 2.61. The van der Waals surface area contributed by atoms with Crippen LogP contribution in [0.5, 0.6) is 0 Å². The number of rotatable bonds is 2. The van der Waals surface area contributed by atoms with Crippen molar-refractivity contribution in [2.75, 3.05) is 18.8 Å². The lowest BCUT2D eigenvalue weighted by Crippen LogP contribution is -2.32. The van der Waals surface area contributed by atoms with Crippen LogP contribution in [0.1, 0.15) is 31.9 Å². The summed E-state index contributed by atoms with van der Waals surface area (Å²) >= 11 is 5.23. The molecule has 3 heterocycles. The standard InChI is InChI=1S/C14H16N2OS3/c1-10-13(20-9-15-10)14(17)16-5-4-12(19-8-6-16)11-3-2-7-18-11/h2-3,7,9,12H,4-6,8H2,1H3/t12-/m0/s1. The molecule has 3 nitrogen and oxygen atoms in total. The molecule has 1 atom stereocenters. The Bertz CT molecular complexity index is 579. The van der Waals surface area contributed by atoms with Crippen LogP contribution in [0.25, 0.3) is 0 Å². The van der Waals surface area contributed by atoms with Gasteiger partial charge in [-0.05, 0) is 24.8 Å². The molecule has 106 valence electrons. The van der Waals surface area contributed by atoms with Crippen LogP contribution in [0.2, 0.25) is 0 Å². The van der Waals surface area contributed by atoms with Crippen molar-refractivity contribution < 1.29 is 4.79 Å². The molecule has 0 aliphatic carbocycles. The SMILES string of the molecule is Cc1ncsc1C(=O)N1CCS[C@H](c2cccs2)CC1. The van der Waals surface area contributed by atoms with Crippen LogP contribution >= 0.6 is 34.4 Å². The second-order valence-corrected chi connectivity index (χ2v) is 7.87. The maximum absolute atomic E-state index is 12.5. The molecule has 1 aliphatic heterocycles. The molecular weight excluding hydrogens is 308 g/mol. The van der Waals surface area contributed by atoms with E-state index in [0.717, 1.165) is 35.8 Å². The monoisotopic (exact) mass is 324 g/mol. The third-order valence-electron chi connectivity index (χ3n) is 3.43. The molecule has 0 spiro atoms. The van der Waals surface area contributed by atoms with Gasteiger partial charge in [-0.3, -0.25) is 4.79 Å². The van der Waals surface area contributed by atoms with Crippen LogP contribution in [-0.4, -0.2) is 34.6 Å². The molecule has 1 saturated heterocycles. The fraction of sp³-hybridized carbons (Fsp3) is 0.429.